The van der Waals surface area contributed by atoms with Gasteiger partial charge in [-0.15, -0.1) is 23.2 Å². The number of nitrogens with zero attached hydrogens (tertiary/aromatic N) is 4. The van der Waals surface area contributed by atoms with Crippen molar-refractivity contribution >= 4 is 57.0 Å². The third kappa shape index (κ3) is 3.99. The first-order valence-electron chi connectivity index (χ1n) is 13.2. The summed E-state index contributed by atoms with van der Waals surface area (Å²) in [6, 6.07) is 10.8. The summed E-state index contributed by atoms with van der Waals surface area (Å²) in [7, 11) is 2.79. The number of benzene rings is 2. The van der Waals surface area contributed by atoms with Crippen LogP contribution in [0.3, 0.4) is 0 Å². The molecule has 0 spiro atoms. The van der Waals surface area contributed by atoms with Crippen molar-refractivity contribution in [2.75, 3.05) is 19.7 Å². The van der Waals surface area contributed by atoms with E-state index < -0.39 is 44.9 Å². The summed E-state index contributed by atoms with van der Waals surface area (Å²) in [6.45, 7) is 0.0253. The minimum Gasteiger partial charge on any atom is -0.502 e. The first kappa shape index (κ1) is 29.3. The second-order valence-corrected chi connectivity index (χ2v) is 12.1. The number of fused-ring (bicyclic) bond motifs is 4. The predicted octanol–water partition coefficient (Wildman–Crippen LogP) is 3.41. The number of likely N-dealkylation sites (tertiary alicyclic amines) is 1. The van der Waals surface area contributed by atoms with Crippen molar-refractivity contribution in [2.24, 2.45) is 5.92 Å². The van der Waals surface area contributed by atoms with Crippen molar-refractivity contribution < 1.29 is 24.2 Å². The molecule has 1 saturated heterocycles. The first-order valence-corrected chi connectivity index (χ1v) is 15.0. The lowest BCUT2D eigenvalue weighted by Gasteiger charge is -2.47. The number of carbonyl (C=O) groups is 2. The molecule has 4 atom stereocenters. The van der Waals surface area contributed by atoms with Gasteiger partial charge >= 0.3 is 11.4 Å². The second-order valence-electron chi connectivity index (χ2n) is 10.4. The van der Waals surface area contributed by atoms with E-state index >= 15 is 0 Å². The molecule has 1 aromatic heterocycles. The highest BCUT2D eigenvalue weighted by Crippen LogP contribution is 2.61. The molecular weight excluding hydrogens is 667 g/mol. The van der Waals surface area contributed by atoms with Gasteiger partial charge in [-0.25, -0.2) is 23.5 Å². The predicted molar refractivity (Wildman–Crippen MR) is 163 cm³/mol. The van der Waals surface area contributed by atoms with Crippen molar-refractivity contribution in [2.45, 2.75) is 28.8 Å². The summed E-state index contributed by atoms with van der Waals surface area (Å²) in [6.07, 6.45) is 4.83. The van der Waals surface area contributed by atoms with Gasteiger partial charge in [-0.05, 0) is 35.4 Å². The van der Waals surface area contributed by atoms with Crippen LogP contribution in [0.1, 0.15) is 18.0 Å². The topological polar surface area (TPSA) is 125 Å². The Hall–Kier alpha value is -3.74. The van der Waals surface area contributed by atoms with Crippen molar-refractivity contribution in [3.63, 3.8) is 0 Å². The van der Waals surface area contributed by atoms with E-state index in [0.717, 1.165) is 9.47 Å². The molecule has 2 aliphatic heterocycles. The Bertz CT molecular complexity index is 1820. The number of methoxy groups -OCH3 is 2. The van der Waals surface area contributed by atoms with Gasteiger partial charge in [0.25, 0.3) is 11.8 Å². The first-order chi connectivity index (χ1) is 20.5. The van der Waals surface area contributed by atoms with Crippen LogP contribution in [0.4, 0.5) is 0 Å². The highest BCUT2D eigenvalue weighted by atomic mass is 79.9. The smallest absolute Gasteiger partial charge is 0.352 e. The van der Waals surface area contributed by atoms with Crippen LogP contribution in [0.5, 0.6) is 17.2 Å². The van der Waals surface area contributed by atoms with Crippen LogP contribution in [0, 0.1) is 5.92 Å². The molecule has 1 aliphatic carbocycles. The zero-order chi connectivity index (χ0) is 30.8. The number of phenolic OH excluding ortho intramolecular Hbond substituents is 1. The average molecular weight is 692 g/mol. The zero-order valence-electron chi connectivity index (χ0n) is 22.9. The molecule has 1 saturated carbocycles. The molecule has 2 fully saturated rings. The van der Waals surface area contributed by atoms with Gasteiger partial charge in [-0.2, -0.15) is 0 Å². The summed E-state index contributed by atoms with van der Waals surface area (Å²) in [5.41, 5.74) is 0.188. The monoisotopic (exact) mass is 690 g/mol. The number of rotatable bonds is 6. The zero-order valence-corrected chi connectivity index (χ0v) is 26.0. The molecule has 1 N–H and O–H groups in total. The molecule has 11 nitrogen and oxygen atoms in total. The van der Waals surface area contributed by atoms with E-state index in [1.54, 1.807) is 60.7 Å². The molecule has 3 aromatic rings. The van der Waals surface area contributed by atoms with E-state index in [4.69, 9.17) is 32.7 Å². The summed E-state index contributed by atoms with van der Waals surface area (Å²) in [5.74, 6) is -2.24. The Labute approximate surface area is 263 Å². The van der Waals surface area contributed by atoms with Crippen molar-refractivity contribution in [1.82, 2.24) is 18.8 Å². The lowest BCUT2D eigenvalue weighted by Crippen LogP contribution is -2.60. The van der Waals surface area contributed by atoms with Gasteiger partial charge in [0, 0.05) is 12.3 Å². The number of phenols is 1. The van der Waals surface area contributed by atoms with Gasteiger partial charge in [0.2, 0.25) is 5.75 Å². The van der Waals surface area contributed by atoms with Gasteiger partial charge in [-0.1, -0.05) is 52.4 Å². The third-order valence-electron chi connectivity index (χ3n) is 8.34. The fraction of sp³-hybridized carbons (Fsp3) is 0.310. The minimum atomic E-state index is -1.95. The number of aromatic nitrogens is 3. The quantitative estimate of drug-likeness (QED) is 0.182. The number of hydrogen-bond donors (Lipinski definition) is 1. The Morgan fingerprint density at radius 2 is 1.67 bits per heavy atom. The molecule has 0 radical (unpaired) electrons. The van der Waals surface area contributed by atoms with Crippen LogP contribution in [-0.2, 0) is 16.1 Å². The molecule has 2 amide bonds. The summed E-state index contributed by atoms with van der Waals surface area (Å²) < 4.78 is 14.2. The standard InChI is InChI=1S/C29H25BrCl2N4O7/c1-42-21-12-16(13-22(43-2)23(21)37)8-9-19-18-10-11-34-26(40)35(17-6-4-3-5-7-17)27(41)36(34)20(18)14-28(31)24(38)33(15-30)25(39)29(19,28)32/h3-10,12-13,19-20,37H,11,14-15H2,1-2H3/t19-,20+,28+,29-/m0/s1. The number of halogens is 3. The maximum atomic E-state index is 13.9. The van der Waals surface area contributed by atoms with Crippen LogP contribution in [-0.4, -0.2) is 65.2 Å². The molecule has 0 unspecified atom stereocenters. The van der Waals surface area contributed by atoms with Crippen LogP contribution in [0.2, 0.25) is 0 Å². The number of aromatic hydroxyl groups is 1. The van der Waals surface area contributed by atoms with Crippen molar-refractivity contribution in [3.05, 3.63) is 86.7 Å². The van der Waals surface area contributed by atoms with Crippen molar-refractivity contribution in [3.8, 4) is 22.9 Å². The Morgan fingerprint density at radius 1 is 1.02 bits per heavy atom. The molecule has 224 valence electrons. The molecule has 2 aromatic carbocycles. The van der Waals surface area contributed by atoms with Crippen LogP contribution in [0.15, 0.2) is 69.8 Å². The van der Waals surface area contributed by atoms with E-state index in [0.29, 0.717) is 16.8 Å². The number of amides is 2. The Kier molecular flexibility index (Phi) is 7.14. The van der Waals surface area contributed by atoms with Gasteiger partial charge < -0.3 is 14.6 Å². The fourth-order valence-corrected chi connectivity index (χ4v) is 7.64. The number of ether oxygens (including phenoxy) is 2. The minimum absolute atomic E-state index is 0.0253. The van der Waals surface area contributed by atoms with Gasteiger partial charge in [0.1, 0.15) is 0 Å². The number of hydrogen-bond acceptors (Lipinski definition) is 7. The highest BCUT2D eigenvalue weighted by molar-refractivity contribution is 9.09. The molecule has 43 heavy (non-hydrogen) atoms. The maximum Gasteiger partial charge on any atom is 0.352 e. The van der Waals surface area contributed by atoms with Crippen LogP contribution in [0.25, 0.3) is 11.8 Å². The maximum absolute atomic E-state index is 13.9. The van der Waals surface area contributed by atoms with Crippen LogP contribution < -0.4 is 20.9 Å². The van der Waals surface area contributed by atoms with Gasteiger partial charge in [0.15, 0.2) is 21.2 Å². The number of alkyl halides is 3. The van der Waals surface area contributed by atoms with Crippen LogP contribution >= 0.6 is 39.1 Å². The van der Waals surface area contributed by atoms with Gasteiger partial charge in [0.05, 0.1) is 37.9 Å². The Morgan fingerprint density at radius 3 is 2.28 bits per heavy atom. The Balaban J connectivity index is 1.54. The SMILES string of the molecule is COc1cc(C=C[C@H]2C3=CCn4c(=O)n(-c5ccccc5)c(=O)n4[C@@H]3C[C@@]3(Cl)C(=O)N(CBr)C(=O)[C@@]23Cl)cc(OC)c1O. The van der Waals surface area contributed by atoms with E-state index in [-0.39, 0.29) is 35.7 Å². The van der Waals surface area contributed by atoms with E-state index in [1.807, 2.05) is 0 Å². The van der Waals surface area contributed by atoms with E-state index in [1.165, 1.54) is 23.6 Å². The van der Waals surface area contributed by atoms with E-state index in [2.05, 4.69) is 15.9 Å². The third-order valence-corrected chi connectivity index (χ3v) is 10.3. The summed E-state index contributed by atoms with van der Waals surface area (Å²) in [5, 5.41) is 10.4. The molecule has 0 bridgehead atoms. The average Bonchev–Trinajstić information content (AvgIpc) is 3.35. The molecule has 3 heterocycles. The lowest BCUT2D eigenvalue weighted by molar-refractivity contribution is -0.138. The van der Waals surface area contributed by atoms with Crippen molar-refractivity contribution in [1.29, 1.82) is 0 Å². The second kappa shape index (κ2) is 10.5. The number of imide groups is 1. The molecule has 3 aliphatic rings. The fourth-order valence-electron chi connectivity index (χ4n) is 6.28. The number of carbonyl (C=O) groups excluding carboxylic acids is 2. The molecule has 6 rings (SSSR count). The van der Waals surface area contributed by atoms with E-state index in [9.17, 15) is 24.3 Å². The summed E-state index contributed by atoms with van der Waals surface area (Å²) in [4.78, 5) is 51.9. The summed E-state index contributed by atoms with van der Waals surface area (Å²) >= 11 is 17.5. The normalized spacial score (nSPS) is 26.3. The molecular formula is C29H25BrCl2N4O7. The van der Waals surface area contributed by atoms with Gasteiger partial charge in [-0.3, -0.25) is 14.5 Å². The highest BCUT2D eigenvalue weighted by Gasteiger charge is 2.74. The largest absolute Gasteiger partial charge is 0.502 e. The number of para-hydroxylation sites is 1. The lowest BCUT2D eigenvalue weighted by atomic mass is 9.66. The number of allylic oxidation sites excluding steroid dienone is 3. The molecule has 14 heteroatoms.